The van der Waals surface area contributed by atoms with Crippen LogP contribution in [-0.4, -0.2) is 71.3 Å². The van der Waals surface area contributed by atoms with Crippen LogP contribution in [0, 0.1) is 5.92 Å². The van der Waals surface area contributed by atoms with Crippen LogP contribution in [0.3, 0.4) is 0 Å². The highest BCUT2D eigenvalue weighted by atomic mass is 16.2. The summed E-state index contributed by atoms with van der Waals surface area (Å²) in [5, 5.41) is 6.28. The molecule has 2 aromatic rings. The number of hydrogen-bond acceptors (Lipinski definition) is 5. The molecule has 216 valence electrons. The molecule has 0 bridgehead atoms. The summed E-state index contributed by atoms with van der Waals surface area (Å²) in [5.41, 5.74) is 8.02. The summed E-state index contributed by atoms with van der Waals surface area (Å²) in [4.78, 5) is 45.2. The van der Waals surface area contributed by atoms with Crippen LogP contribution in [0.15, 0.2) is 60.7 Å². The Balaban J connectivity index is 1.60. The number of nitrogens with zero attached hydrogens (tertiary/aromatic N) is 2. The lowest BCUT2D eigenvalue weighted by Gasteiger charge is -2.34. The van der Waals surface area contributed by atoms with Gasteiger partial charge >= 0.3 is 0 Å². The van der Waals surface area contributed by atoms with Gasteiger partial charge in [-0.15, -0.1) is 0 Å². The number of rotatable bonds is 11. The fourth-order valence-electron chi connectivity index (χ4n) is 6.22. The summed E-state index contributed by atoms with van der Waals surface area (Å²) < 4.78 is 0. The maximum Gasteiger partial charge on any atom is 0.246 e. The number of carbonyl (C=O) groups is 3. The second-order valence-electron chi connectivity index (χ2n) is 11.1. The molecule has 8 nitrogen and oxygen atoms in total. The Morgan fingerprint density at radius 1 is 0.925 bits per heavy atom. The van der Waals surface area contributed by atoms with E-state index in [4.69, 9.17) is 5.73 Å². The lowest BCUT2D eigenvalue weighted by molar-refractivity contribution is -0.144. The molecule has 40 heavy (non-hydrogen) atoms. The van der Waals surface area contributed by atoms with E-state index in [1.807, 2.05) is 67.6 Å². The molecule has 0 saturated carbocycles. The van der Waals surface area contributed by atoms with Crippen LogP contribution in [0.2, 0.25) is 0 Å². The molecule has 2 fully saturated rings. The van der Waals surface area contributed by atoms with Crippen LogP contribution < -0.4 is 16.4 Å². The summed E-state index contributed by atoms with van der Waals surface area (Å²) in [7, 11) is 0. The van der Waals surface area contributed by atoms with E-state index >= 15 is 0 Å². The van der Waals surface area contributed by atoms with Crippen LogP contribution in [-0.2, 0) is 14.4 Å². The van der Waals surface area contributed by atoms with E-state index in [0.29, 0.717) is 19.4 Å². The van der Waals surface area contributed by atoms with Crippen molar-refractivity contribution in [1.29, 1.82) is 0 Å². The smallest absolute Gasteiger partial charge is 0.246 e. The Morgan fingerprint density at radius 3 is 2.05 bits per heavy atom. The van der Waals surface area contributed by atoms with Gasteiger partial charge < -0.3 is 26.2 Å². The number of nitrogens with two attached hydrogens (primary N) is 1. The molecule has 3 amide bonds. The lowest BCUT2D eigenvalue weighted by atomic mass is 9.92. The van der Waals surface area contributed by atoms with Crippen molar-refractivity contribution >= 4 is 17.7 Å². The molecule has 2 aliphatic heterocycles. The summed E-state index contributed by atoms with van der Waals surface area (Å²) >= 11 is 0. The van der Waals surface area contributed by atoms with E-state index in [1.54, 1.807) is 4.90 Å². The van der Waals surface area contributed by atoms with E-state index in [0.717, 1.165) is 43.5 Å². The van der Waals surface area contributed by atoms with Crippen LogP contribution in [0.4, 0.5) is 0 Å². The normalized spacial score (nSPS) is 23.6. The van der Waals surface area contributed by atoms with Crippen LogP contribution >= 0.6 is 0 Å². The topological polar surface area (TPSA) is 108 Å². The molecule has 4 N–H and O–H groups in total. The molecule has 0 aromatic heterocycles. The third-order valence-corrected chi connectivity index (χ3v) is 8.68. The highest BCUT2D eigenvalue weighted by Crippen LogP contribution is 2.35. The van der Waals surface area contributed by atoms with Crippen molar-refractivity contribution in [3.8, 4) is 0 Å². The monoisotopic (exact) mass is 547 g/mol. The molecule has 0 radical (unpaired) electrons. The van der Waals surface area contributed by atoms with Crippen molar-refractivity contribution in [3.05, 3.63) is 71.8 Å². The van der Waals surface area contributed by atoms with Crippen molar-refractivity contribution in [2.75, 3.05) is 19.6 Å². The molecule has 2 aliphatic rings. The predicted molar refractivity (Wildman–Crippen MR) is 157 cm³/mol. The molecule has 2 aromatic carbocycles. The Kier molecular flexibility index (Phi) is 10.3. The van der Waals surface area contributed by atoms with E-state index in [9.17, 15) is 14.4 Å². The molecule has 4 rings (SSSR count). The second kappa shape index (κ2) is 13.9. The molecule has 0 aliphatic carbocycles. The number of carbonyl (C=O) groups excluding carboxylic acids is 3. The van der Waals surface area contributed by atoms with Crippen molar-refractivity contribution < 1.29 is 14.4 Å². The molecular weight excluding hydrogens is 502 g/mol. The average Bonchev–Trinajstić information content (AvgIpc) is 3.38. The molecule has 2 heterocycles. The number of benzene rings is 2. The fourth-order valence-corrected chi connectivity index (χ4v) is 6.22. The number of hydrogen-bond donors (Lipinski definition) is 3. The maximum atomic E-state index is 14.3. The van der Waals surface area contributed by atoms with E-state index in [-0.39, 0.29) is 35.7 Å². The summed E-state index contributed by atoms with van der Waals surface area (Å²) in [6.45, 7) is 8.53. The van der Waals surface area contributed by atoms with Gasteiger partial charge in [-0.1, -0.05) is 81.4 Å². The quantitative estimate of drug-likeness (QED) is 0.400. The second-order valence-corrected chi connectivity index (χ2v) is 11.1. The van der Waals surface area contributed by atoms with Crippen molar-refractivity contribution in [2.45, 2.75) is 83.1 Å². The van der Waals surface area contributed by atoms with Gasteiger partial charge in [-0.2, -0.15) is 0 Å². The minimum atomic E-state index is -0.705. The molecular formula is C32H45N5O3. The lowest BCUT2D eigenvalue weighted by Crippen LogP contribution is -2.59. The van der Waals surface area contributed by atoms with Gasteiger partial charge in [0.05, 0.1) is 12.1 Å². The maximum absolute atomic E-state index is 14.3. The minimum absolute atomic E-state index is 0.0175. The first kappa shape index (κ1) is 29.7. The first-order valence-corrected chi connectivity index (χ1v) is 14.9. The first-order valence-electron chi connectivity index (χ1n) is 14.9. The number of nitrogens with one attached hydrogen (secondary N) is 2. The van der Waals surface area contributed by atoms with Gasteiger partial charge in [0.25, 0.3) is 0 Å². The van der Waals surface area contributed by atoms with E-state index in [2.05, 4.69) is 29.4 Å². The summed E-state index contributed by atoms with van der Waals surface area (Å²) in [6, 6.07) is 17.5. The van der Waals surface area contributed by atoms with Gasteiger partial charge in [0.2, 0.25) is 17.7 Å². The molecule has 4 unspecified atom stereocenters. The van der Waals surface area contributed by atoms with Crippen molar-refractivity contribution in [2.24, 2.45) is 11.7 Å². The highest BCUT2D eigenvalue weighted by Gasteiger charge is 2.48. The van der Waals surface area contributed by atoms with E-state index < -0.39 is 18.1 Å². The third-order valence-electron chi connectivity index (χ3n) is 8.68. The zero-order valence-corrected chi connectivity index (χ0v) is 24.1. The predicted octanol–water partition coefficient (Wildman–Crippen LogP) is 3.23. The standard InChI is InChI=1S/C32H45N5O3/c1-4-26(33)30(38)35-29-24(21-36(5-2)6-3)17-18-25-19-20-27(37(25)32(29)40)31(39)34-28(22-13-9-7-10-14-22)23-15-11-8-12-16-23/h7-16,24-29H,4-6,17-21,33H2,1-3H3,(H,34,39)(H,35,38)/t24?,25?,26-,27?,29?/m0/s1. The number of amides is 3. The first-order chi connectivity index (χ1) is 19.4. The Hall–Kier alpha value is -3.23. The van der Waals surface area contributed by atoms with Crippen molar-refractivity contribution in [1.82, 2.24) is 20.4 Å². The zero-order valence-electron chi connectivity index (χ0n) is 24.1. The van der Waals surface area contributed by atoms with Crippen molar-refractivity contribution in [3.63, 3.8) is 0 Å². The van der Waals surface area contributed by atoms with Gasteiger partial charge in [-0.25, -0.2) is 0 Å². The van der Waals surface area contributed by atoms with Crippen LogP contribution in [0.1, 0.15) is 70.0 Å². The minimum Gasteiger partial charge on any atom is -0.343 e. The third kappa shape index (κ3) is 6.73. The molecule has 0 spiro atoms. The Labute approximate surface area is 238 Å². The van der Waals surface area contributed by atoms with Gasteiger partial charge in [0, 0.05) is 18.5 Å². The van der Waals surface area contributed by atoms with Gasteiger partial charge in [0.1, 0.15) is 12.1 Å². The van der Waals surface area contributed by atoms with Crippen LogP contribution in [0.25, 0.3) is 0 Å². The molecule has 2 saturated heterocycles. The summed E-state index contributed by atoms with van der Waals surface area (Å²) in [6.07, 6.45) is 3.49. The summed E-state index contributed by atoms with van der Waals surface area (Å²) in [5.74, 6) is -0.676. The van der Waals surface area contributed by atoms with Gasteiger partial charge in [-0.05, 0) is 56.3 Å². The molecule has 8 heteroatoms. The Morgan fingerprint density at radius 2 is 1.50 bits per heavy atom. The largest absolute Gasteiger partial charge is 0.343 e. The van der Waals surface area contributed by atoms with Crippen LogP contribution in [0.5, 0.6) is 0 Å². The van der Waals surface area contributed by atoms with Gasteiger partial charge in [0.15, 0.2) is 0 Å². The van der Waals surface area contributed by atoms with Gasteiger partial charge in [-0.3, -0.25) is 14.4 Å². The molecule has 5 atom stereocenters. The Bertz CT molecular complexity index is 1080. The highest BCUT2D eigenvalue weighted by molar-refractivity contribution is 5.94. The van der Waals surface area contributed by atoms with E-state index in [1.165, 1.54) is 0 Å². The average molecular weight is 548 g/mol. The number of fused-ring (bicyclic) bond motifs is 1. The SMILES string of the molecule is CC[C@H](N)C(=O)NC1C(=O)N2C(CCC1CN(CC)CC)CCC2C(=O)NC(c1ccccc1)c1ccccc1. The zero-order chi connectivity index (χ0) is 28.6. The fraction of sp³-hybridized carbons (Fsp3) is 0.531.